The van der Waals surface area contributed by atoms with Gasteiger partial charge in [-0.05, 0) is 31.5 Å². The van der Waals surface area contributed by atoms with E-state index in [1.807, 2.05) is 0 Å². The molecule has 4 nitrogen and oxygen atoms in total. The first kappa shape index (κ1) is 13.5. The Balaban J connectivity index is 2.36. The Morgan fingerprint density at radius 2 is 2.16 bits per heavy atom. The number of aromatic nitrogens is 2. The second-order valence-electron chi connectivity index (χ2n) is 4.26. The van der Waals surface area contributed by atoms with Gasteiger partial charge in [-0.1, -0.05) is 17.7 Å². The summed E-state index contributed by atoms with van der Waals surface area (Å²) in [5.41, 5.74) is 1.98. The molecule has 1 N–H and O–H groups in total. The van der Waals surface area contributed by atoms with Crippen molar-refractivity contribution in [2.75, 3.05) is 0 Å². The molecular formula is C13H12ClFN2O2. The minimum atomic E-state index is -1.00. The van der Waals surface area contributed by atoms with Crippen LogP contribution in [0.5, 0.6) is 0 Å². The Hall–Kier alpha value is -1.88. The minimum absolute atomic E-state index is 0.0393. The summed E-state index contributed by atoms with van der Waals surface area (Å²) in [4.78, 5) is 11.1. The van der Waals surface area contributed by atoms with Gasteiger partial charge in [0.1, 0.15) is 11.4 Å². The largest absolute Gasteiger partial charge is 0.478 e. The molecular weight excluding hydrogens is 271 g/mol. The molecule has 0 saturated heterocycles. The molecule has 0 aliphatic rings. The monoisotopic (exact) mass is 282 g/mol. The van der Waals surface area contributed by atoms with Gasteiger partial charge in [0.2, 0.25) is 0 Å². The third-order valence-corrected chi connectivity index (χ3v) is 3.20. The van der Waals surface area contributed by atoms with Gasteiger partial charge in [0.15, 0.2) is 0 Å². The van der Waals surface area contributed by atoms with Gasteiger partial charge >= 0.3 is 5.97 Å². The first-order valence-electron chi connectivity index (χ1n) is 5.61. The summed E-state index contributed by atoms with van der Waals surface area (Å²) in [7, 11) is 0. The van der Waals surface area contributed by atoms with Crippen LogP contribution in [-0.2, 0) is 6.54 Å². The summed E-state index contributed by atoms with van der Waals surface area (Å²) in [5, 5.41) is 13.3. The maximum Gasteiger partial charge on any atom is 0.339 e. The van der Waals surface area contributed by atoms with Crippen LogP contribution in [0.1, 0.15) is 27.3 Å². The third-order valence-electron chi connectivity index (χ3n) is 2.91. The molecule has 0 bridgehead atoms. The van der Waals surface area contributed by atoms with Crippen LogP contribution < -0.4 is 0 Å². The number of carbonyl (C=O) groups is 1. The number of aromatic carboxylic acids is 1. The number of carboxylic acid groups (broad SMARTS) is 1. The minimum Gasteiger partial charge on any atom is -0.478 e. The van der Waals surface area contributed by atoms with Crippen LogP contribution in [0.15, 0.2) is 18.2 Å². The van der Waals surface area contributed by atoms with Crippen LogP contribution in [0, 0.1) is 19.7 Å². The maximum atomic E-state index is 13.1. The Kier molecular flexibility index (Phi) is 3.57. The molecule has 6 heteroatoms. The molecule has 0 fully saturated rings. The topological polar surface area (TPSA) is 55.1 Å². The SMILES string of the molecule is Cc1nn(Cc2ccc(F)c(Cl)c2)c(C)c1C(=O)O. The van der Waals surface area contributed by atoms with Crippen molar-refractivity contribution in [2.24, 2.45) is 0 Å². The predicted molar refractivity (Wildman–Crippen MR) is 69.2 cm³/mol. The molecule has 0 unspecified atom stereocenters. The molecule has 0 saturated carbocycles. The number of benzene rings is 1. The van der Waals surface area contributed by atoms with Crippen LogP contribution in [-0.4, -0.2) is 20.9 Å². The summed E-state index contributed by atoms with van der Waals surface area (Å²) in [5.74, 6) is -1.48. The van der Waals surface area contributed by atoms with Crippen molar-refractivity contribution >= 4 is 17.6 Å². The lowest BCUT2D eigenvalue weighted by atomic mass is 10.2. The van der Waals surface area contributed by atoms with E-state index >= 15 is 0 Å². The van der Waals surface area contributed by atoms with Crippen LogP contribution in [0.3, 0.4) is 0 Å². The molecule has 1 heterocycles. The fourth-order valence-electron chi connectivity index (χ4n) is 1.97. The van der Waals surface area contributed by atoms with E-state index in [9.17, 15) is 9.18 Å². The van der Waals surface area contributed by atoms with Crippen molar-refractivity contribution in [3.63, 3.8) is 0 Å². The van der Waals surface area contributed by atoms with Crippen LogP contribution in [0.4, 0.5) is 4.39 Å². The van der Waals surface area contributed by atoms with Gasteiger partial charge in [-0.15, -0.1) is 0 Å². The van der Waals surface area contributed by atoms with Gasteiger partial charge in [0, 0.05) is 0 Å². The van der Waals surface area contributed by atoms with Crippen molar-refractivity contribution in [3.8, 4) is 0 Å². The van der Waals surface area contributed by atoms with Gasteiger partial charge in [-0.25, -0.2) is 9.18 Å². The third kappa shape index (κ3) is 2.61. The molecule has 0 aliphatic carbocycles. The molecule has 0 spiro atoms. The fourth-order valence-corrected chi connectivity index (χ4v) is 2.17. The average molecular weight is 283 g/mol. The summed E-state index contributed by atoms with van der Waals surface area (Å²) >= 11 is 5.71. The van der Waals surface area contributed by atoms with Crippen LogP contribution in [0.2, 0.25) is 5.02 Å². The van der Waals surface area contributed by atoms with Crippen molar-refractivity contribution in [2.45, 2.75) is 20.4 Å². The fraction of sp³-hybridized carbons (Fsp3) is 0.231. The predicted octanol–water partition coefficient (Wildman–Crippen LogP) is 3.04. The highest BCUT2D eigenvalue weighted by Crippen LogP contribution is 2.19. The summed E-state index contributed by atoms with van der Waals surface area (Å²) < 4.78 is 14.6. The van der Waals surface area contributed by atoms with Crippen molar-refractivity contribution in [1.82, 2.24) is 9.78 Å². The van der Waals surface area contributed by atoms with Crippen molar-refractivity contribution in [3.05, 3.63) is 51.6 Å². The number of carboxylic acids is 1. The highest BCUT2D eigenvalue weighted by atomic mass is 35.5. The molecule has 2 rings (SSSR count). The zero-order valence-corrected chi connectivity index (χ0v) is 11.2. The number of halogens is 2. The second kappa shape index (κ2) is 5.01. The summed E-state index contributed by atoms with van der Waals surface area (Å²) in [6.07, 6.45) is 0. The molecule has 0 aliphatic heterocycles. The molecule has 1 aromatic carbocycles. The molecule has 19 heavy (non-hydrogen) atoms. The average Bonchev–Trinajstić information content (AvgIpc) is 2.59. The highest BCUT2D eigenvalue weighted by Gasteiger charge is 2.17. The Labute approximate surface area is 114 Å². The zero-order chi connectivity index (χ0) is 14.2. The van der Waals surface area contributed by atoms with E-state index in [1.165, 1.54) is 12.1 Å². The van der Waals surface area contributed by atoms with E-state index in [4.69, 9.17) is 16.7 Å². The Bertz CT molecular complexity index is 652. The van der Waals surface area contributed by atoms with Gasteiger partial charge in [-0.3, -0.25) is 4.68 Å². The van der Waals surface area contributed by atoms with Gasteiger partial charge in [0.05, 0.1) is 23.0 Å². The summed E-state index contributed by atoms with van der Waals surface area (Å²) in [6.45, 7) is 3.68. The number of hydrogen-bond donors (Lipinski definition) is 1. The van der Waals surface area contributed by atoms with Crippen molar-refractivity contribution in [1.29, 1.82) is 0 Å². The molecule has 0 radical (unpaired) electrons. The maximum absolute atomic E-state index is 13.1. The molecule has 0 amide bonds. The first-order valence-corrected chi connectivity index (χ1v) is 5.99. The van der Waals surface area contributed by atoms with Crippen molar-refractivity contribution < 1.29 is 14.3 Å². The van der Waals surface area contributed by atoms with E-state index in [2.05, 4.69) is 5.10 Å². The van der Waals surface area contributed by atoms with Gasteiger partial charge in [-0.2, -0.15) is 5.10 Å². The standard InChI is InChI=1S/C13H12ClFN2O2/c1-7-12(13(18)19)8(2)17(16-7)6-9-3-4-11(15)10(14)5-9/h3-5H,6H2,1-2H3,(H,18,19). The van der Waals surface area contributed by atoms with Gasteiger partial charge < -0.3 is 5.11 Å². The normalized spacial score (nSPS) is 10.7. The first-order chi connectivity index (χ1) is 8.90. The van der Waals surface area contributed by atoms with E-state index in [0.29, 0.717) is 17.9 Å². The lowest BCUT2D eigenvalue weighted by Gasteiger charge is -2.05. The highest BCUT2D eigenvalue weighted by molar-refractivity contribution is 6.30. The van der Waals surface area contributed by atoms with Gasteiger partial charge in [0.25, 0.3) is 0 Å². The van der Waals surface area contributed by atoms with E-state index in [-0.39, 0.29) is 10.6 Å². The molecule has 100 valence electrons. The zero-order valence-electron chi connectivity index (χ0n) is 10.4. The number of aryl methyl sites for hydroxylation is 1. The smallest absolute Gasteiger partial charge is 0.339 e. The molecule has 0 atom stereocenters. The lowest BCUT2D eigenvalue weighted by molar-refractivity contribution is 0.0695. The molecule has 2 aromatic rings. The summed E-state index contributed by atoms with van der Waals surface area (Å²) in [6, 6.07) is 4.38. The van der Waals surface area contributed by atoms with Crippen LogP contribution in [0.25, 0.3) is 0 Å². The van der Waals surface area contributed by atoms with E-state index in [1.54, 1.807) is 24.6 Å². The Morgan fingerprint density at radius 1 is 1.47 bits per heavy atom. The molecule has 1 aromatic heterocycles. The Morgan fingerprint density at radius 3 is 2.68 bits per heavy atom. The quantitative estimate of drug-likeness (QED) is 0.941. The number of nitrogens with zero attached hydrogens (tertiary/aromatic N) is 2. The lowest BCUT2D eigenvalue weighted by Crippen LogP contribution is -2.06. The van der Waals surface area contributed by atoms with E-state index in [0.717, 1.165) is 5.56 Å². The van der Waals surface area contributed by atoms with Crippen LogP contribution >= 0.6 is 11.6 Å². The number of rotatable bonds is 3. The van der Waals surface area contributed by atoms with E-state index < -0.39 is 11.8 Å². The number of hydrogen-bond acceptors (Lipinski definition) is 2. The second-order valence-corrected chi connectivity index (χ2v) is 4.66.